The summed E-state index contributed by atoms with van der Waals surface area (Å²) < 4.78 is 5.66. The number of hydrogen-bond donors (Lipinski definition) is 1. The average Bonchev–Trinajstić information content (AvgIpc) is 2.35. The van der Waals surface area contributed by atoms with Gasteiger partial charge in [-0.05, 0) is 25.1 Å². The van der Waals surface area contributed by atoms with E-state index in [9.17, 15) is 0 Å². The van der Waals surface area contributed by atoms with Crippen LogP contribution in [0, 0.1) is 6.92 Å². The Morgan fingerprint density at radius 1 is 1.28 bits per heavy atom. The summed E-state index contributed by atoms with van der Waals surface area (Å²) in [5.41, 5.74) is 0.819. The van der Waals surface area contributed by atoms with Crippen LogP contribution in [0.3, 0.4) is 0 Å². The number of rotatable bonds is 3. The molecule has 2 aromatic rings. The number of halogens is 2. The Hall–Kier alpha value is -1.52. The molecule has 0 aliphatic rings. The molecule has 0 atom stereocenters. The monoisotopic (exact) mass is 283 g/mol. The van der Waals surface area contributed by atoms with E-state index < -0.39 is 0 Å². The molecule has 2 rings (SSSR count). The molecule has 0 saturated carbocycles. The fourth-order valence-electron chi connectivity index (χ4n) is 1.31. The van der Waals surface area contributed by atoms with Crippen LogP contribution in [0.2, 0.25) is 10.0 Å². The molecule has 94 valence electrons. The minimum Gasteiger partial charge on any atom is -0.437 e. The number of hydrogen-bond acceptors (Lipinski definition) is 4. The second-order valence-corrected chi connectivity index (χ2v) is 4.45. The van der Waals surface area contributed by atoms with Crippen LogP contribution in [0.15, 0.2) is 24.4 Å². The summed E-state index contributed by atoms with van der Waals surface area (Å²) in [6.07, 6.45) is 1.68. The summed E-state index contributed by atoms with van der Waals surface area (Å²) in [6, 6.07) is 5.03. The van der Waals surface area contributed by atoms with E-state index in [1.165, 1.54) is 0 Å². The van der Waals surface area contributed by atoms with Crippen LogP contribution in [0.1, 0.15) is 5.56 Å². The molecule has 0 amide bonds. The fourth-order valence-corrected chi connectivity index (χ4v) is 1.76. The van der Waals surface area contributed by atoms with Crippen molar-refractivity contribution in [1.29, 1.82) is 0 Å². The Balaban J connectivity index is 2.33. The zero-order valence-electron chi connectivity index (χ0n) is 9.87. The average molecular weight is 284 g/mol. The third-order valence-corrected chi connectivity index (χ3v) is 2.78. The molecule has 0 saturated heterocycles. The number of aromatic nitrogens is 2. The van der Waals surface area contributed by atoms with Crippen LogP contribution in [-0.2, 0) is 0 Å². The first-order valence-corrected chi connectivity index (χ1v) is 6.00. The van der Waals surface area contributed by atoms with Gasteiger partial charge in [0.05, 0.1) is 5.02 Å². The van der Waals surface area contributed by atoms with Gasteiger partial charge in [-0.25, -0.2) is 4.98 Å². The Kier molecular flexibility index (Phi) is 3.89. The predicted molar refractivity (Wildman–Crippen MR) is 72.9 cm³/mol. The van der Waals surface area contributed by atoms with Crippen molar-refractivity contribution in [2.75, 3.05) is 12.4 Å². The number of nitrogens with one attached hydrogen (secondary N) is 1. The van der Waals surface area contributed by atoms with Crippen molar-refractivity contribution in [2.24, 2.45) is 0 Å². The quantitative estimate of drug-likeness (QED) is 0.927. The second-order valence-electron chi connectivity index (χ2n) is 3.61. The zero-order valence-corrected chi connectivity index (χ0v) is 11.4. The van der Waals surface area contributed by atoms with Gasteiger partial charge in [0.15, 0.2) is 0 Å². The van der Waals surface area contributed by atoms with E-state index in [1.54, 1.807) is 31.4 Å². The van der Waals surface area contributed by atoms with Crippen molar-refractivity contribution in [1.82, 2.24) is 9.97 Å². The van der Waals surface area contributed by atoms with E-state index in [0.29, 0.717) is 27.6 Å². The SMILES string of the molecule is CNc1ncc(C)c(Oc2ccc(Cl)cc2Cl)n1. The first-order chi connectivity index (χ1) is 8.60. The Labute approximate surface area is 115 Å². The molecule has 1 aromatic carbocycles. The largest absolute Gasteiger partial charge is 0.437 e. The maximum Gasteiger partial charge on any atom is 0.227 e. The standard InChI is InChI=1S/C12H11Cl2N3O/c1-7-6-16-12(15-2)17-11(7)18-10-4-3-8(13)5-9(10)14/h3-6H,1-2H3,(H,15,16,17). The van der Waals surface area contributed by atoms with E-state index in [0.717, 1.165) is 5.56 Å². The highest BCUT2D eigenvalue weighted by Crippen LogP contribution is 2.32. The molecule has 4 nitrogen and oxygen atoms in total. The molecule has 0 aliphatic carbocycles. The summed E-state index contributed by atoms with van der Waals surface area (Å²) in [6.45, 7) is 1.86. The summed E-state index contributed by atoms with van der Waals surface area (Å²) >= 11 is 11.9. The van der Waals surface area contributed by atoms with Gasteiger partial charge in [-0.2, -0.15) is 4.98 Å². The summed E-state index contributed by atoms with van der Waals surface area (Å²) in [4.78, 5) is 8.29. The van der Waals surface area contributed by atoms with Crippen molar-refractivity contribution < 1.29 is 4.74 Å². The van der Waals surface area contributed by atoms with Crippen LogP contribution in [0.25, 0.3) is 0 Å². The highest BCUT2D eigenvalue weighted by molar-refractivity contribution is 6.35. The minimum atomic E-state index is 0.437. The fraction of sp³-hybridized carbons (Fsp3) is 0.167. The molecular weight excluding hydrogens is 273 g/mol. The molecule has 0 unspecified atom stereocenters. The van der Waals surface area contributed by atoms with Gasteiger partial charge in [-0.15, -0.1) is 0 Å². The Morgan fingerprint density at radius 2 is 2.06 bits per heavy atom. The lowest BCUT2D eigenvalue weighted by molar-refractivity contribution is 0.458. The lowest BCUT2D eigenvalue weighted by Gasteiger charge is -2.10. The van der Waals surface area contributed by atoms with Gasteiger partial charge in [-0.3, -0.25) is 0 Å². The molecule has 1 heterocycles. The van der Waals surface area contributed by atoms with Gasteiger partial charge in [0.1, 0.15) is 5.75 Å². The number of benzene rings is 1. The lowest BCUT2D eigenvalue weighted by Crippen LogP contribution is -1.99. The normalized spacial score (nSPS) is 10.2. The summed E-state index contributed by atoms with van der Waals surface area (Å²) in [5.74, 6) is 1.45. The highest BCUT2D eigenvalue weighted by Gasteiger charge is 2.08. The zero-order chi connectivity index (χ0) is 13.1. The molecular formula is C12H11Cl2N3O. The topological polar surface area (TPSA) is 47.0 Å². The van der Waals surface area contributed by atoms with Crippen LogP contribution in [-0.4, -0.2) is 17.0 Å². The highest BCUT2D eigenvalue weighted by atomic mass is 35.5. The maximum absolute atomic E-state index is 6.04. The molecule has 1 N–H and O–H groups in total. The van der Waals surface area contributed by atoms with Crippen LogP contribution in [0.4, 0.5) is 5.95 Å². The van der Waals surface area contributed by atoms with Crippen LogP contribution >= 0.6 is 23.2 Å². The third kappa shape index (κ3) is 2.83. The lowest BCUT2D eigenvalue weighted by atomic mass is 10.3. The molecule has 0 bridgehead atoms. The van der Waals surface area contributed by atoms with Crippen molar-refractivity contribution in [2.45, 2.75) is 6.92 Å². The van der Waals surface area contributed by atoms with Crippen molar-refractivity contribution in [3.8, 4) is 11.6 Å². The third-order valence-electron chi connectivity index (χ3n) is 2.25. The molecule has 0 fully saturated rings. The van der Waals surface area contributed by atoms with E-state index >= 15 is 0 Å². The van der Waals surface area contributed by atoms with E-state index in [2.05, 4.69) is 15.3 Å². The number of nitrogens with zero attached hydrogens (tertiary/aromatic N) is 2. The van der Waals surface area contributed by atoms with Gasteiger partial charge >= 0.3 is 0 Å². The number of aryl methyl sites for hydroxylation is 1. The molecule has 6 heteroatoms. The predicted octanol–water partition coefficient (Wildman–Crippen LogP) is 3.93. The van der Waals surface area contributed by atoms with Gasteiger partial charge < -0.3 is 10.1 Å². The molecule has 0 radical (unpaired) electrons. The first-order valence-electron chi connectivity index (χ1n) is 5.24. The van der Waals surface area contributed by atoms with Crippen LogP contribution in [0.5, 0.6) is 11.6 Å². The van der Waals surface area contributed by atoms with E-state index in [-0.39, 0.29) is 0 Å². The maximum atomic E-state index is 6.04. The Morgan fingerprint density at radius 3 is 2.72 bits per heavy atom. The number of ether oxygens (including phenoxy) is 1. The van der Waals surface area contributed by atoms with Crippen LogP contribution < -0.4 is 10.1 Å². The first kappa shape index (κ1) is 12.9. The van der Waals surface area contributed by atoms with Gasteiger partial charge in [-0.1, -0.05) is 23.2 Å². The summed E-state index contributed by atoms with van der Waals surface area (Å²) in [7, 11) is 1.74. The number of anilines is 1. The second kappa shape index (κ2) is 5.42. The minimum absolute atomic E-state index is 0.437. The smallest absolute Gasteiger partial charge is 0.227 e. The molecule has 0 aliphatic heterocycles. The van der Waals surface area contributed by atoms with Gasteiger partial charge in [0.2, 0.25) is 11.8 Å². The van der Waals surface area contributed by atoms with Gasteiger partial charge in [0.25, 0.3) is 0 Å². The summed E-state index contributed by atoms with van der Waals surface area (Å²) in [5, 5.41) is 3.84. The van der Waals surface area contributed by atoms with E-state index in [1.807, 2.05) is 6.92 Å². The van der Waals surface area contributed by atoms with Gasteiger partial charge in [0, 0.05) is 23.8 Å². The molecule has 0 spiro atoms. The Bertz CT molecular complexity index is 575. The van der Waals surface area contributed by atoms with Crippen molar-refractivity contribution >= 4 is 29.2 Å². The van der Waals surface area contributed by atoms with Crippen molar-refractivity contribution in [3.05, 3.63) is 40.0 Å². The molecule has 18 heavy (non-hydrogen) atoms. The molecule has 1 aromatic heterocycles. The van der Waals surface area contributed by atoms with Crippen molar-refractivity contribution in [3.63, 3.8) is 0 Å². The van der Waals surface area contributed by atoms with E-state index in [4.69, 9.17) is 27.9 Å².